The van der Waals surface area contributed by atoms with Crippen LogP contribution in [-0.4, -0.2) is 46.9 Å². The number of nitrogens with zero attached hydrogens (tertiary/aromatic N) is 1. The van der Waals surface area contributed by atoms with Crippen molar-refractivity contribution in [3.63, 3.8) is 0 Å². The highest BCUT2D eigenvalue weighted by atomic mass is 16.5. The third-order valence-electron chi connectivity index (χ3n) is 4.26. The first-order chi connectivity index (χ1) is 12.1. The van der Waals surface area contributed by atoms with Gasteiger partial charge in [0.25, 0.3) is 0 Å². The molecule has 0 saturated carbocycles. The molecule has 136 valence electrons. The molecule has 0 amide bonds. The maximum atomic E-state index is 5.44. The number of ether oxygens (including phenoxy) is 3. The molecule has 0 bridgehead atoms. The van der Waals surface area contributed by atoms with Crippen LogP contribution in [-0.2, 0) is 6.54 Å². The van der Waals surface area contributed by atoms with Crippen molar-refractivity contribution < 1.29 is 14.2 Å². The molecule has 0 aliphatic heterocycles. The Labute approximate surface area is 150 Å². The van der Waals surface area contributed by atoms with Crippen LogP contribution in [0.3, 0.4) is 0 Å². The largest absolute Gasteiger partial charge is 0.497 e. The molecule has 0 saturated heterocycles. The average molecular weight is 344 g/mol. The second-order valence-corrected chi connectivity index (χ2v) is 6.06. The molecule has 0 radical (unpaired) electrons. The first-order valence-corrected chi connectivity index (χ1v) is 8.31. The van der Waals surface area contributed by atoms with Crippen LogP contribution >= 0.6 is 0 Å². The van der Waals surface area contributed by atoms with Crippen molar-refractivity contribution in [2.45, 2.75) is 12.6 Å². The summed E-state index contributed by atoms with van der Waals surface area (Å²) in [5.74, 6) is 2.56. The molecule has 2 rings (SSSR count). The fourth-order valence-corrected chi connectivity index (χ4v) is 2.79. The zero-order valence-corrected chi connectivity index (χ0v) is 15.7. The second kappa shape index (κ2) is 9.30. The lowest BCUT2D eigenvalue weighted by Crippen LogP contribution is -2.30. The quantitative estimate of drug-likeness (QED) is 0.757. The molecule has 0 fully saturated rings. The van der Waals surface area contributed by atoms with Gasteiger partial charge in [-0.25, -0.2) is 0 Å². The third kappa shape index (κ3) is 5.11. The maximum absolute atomic E-state index is 5.44. The highest BCUT2D eigenvalue weighted by Gasteiger charge is 2.14. The molecule has 0 aliphatic carbocycles. The minimum absolute atomic E-state index is 0.266. The molecule has 2 aromatic carbocycles. The van der Waals surface area contributed by atoms with E-state index in [2.05, 4.69) is 36.4 Å². The Morgan fingerprint density at radius 1 is 0.880 bits per heavy atom. The predicted octanol–water partition coefficient (Wildman–Crippen LogP) is 3.10. The van der Waals surface area contributed by atoms with Crippen molar-refractivity contribution in [1.82, 2.24) is 10.2 Å². The van der Waals surface area contributed by atoms with E-state index in [9.17, 15) is 0 Å². The van der Waals surface area contributed by atoms with Crippen LogP contribution in [0.5, 0.6) is 17.2 Å². The average Bonchev–Trinajstić information content (AvgIpc) is 2.65. The molecule has 5 nitrogen and oxygen atoms in total. The molecule has 1 N–H and O–H groups in total. The molecular formula is C20H28N2O3. The van der Waals surface area contributed by atoms with Crippen LogP contribution in [0.4, 0.5) is 0 Å². The number of benzene rings is 2. The van der Waals surface area contributed by atoms with Crippen molar-refractivity contribution in [2.75, 3.05) is 42.0 Å². The Bertz CT molecular complexity index is 656. The van der Waals surface area contributed by atoms with Crippen LogP contribution in [0.2, 0.25) is 0 Å². The smallest absolute Gasteiger partial charge is 0.123 e. The first kappa shape index (κ1) is 19.1. The highest BCUT2D eigenvalue weighted by Crippen LogP contribution is 2.25. The number of methoxy groups -OCH3 is 3. The molecule has 0 unspecified atom stereocenters. The van der Waals surface area contributed by atoms with Crippen LogP contribution in [0.25, 0.3) is 0 Å². The molecule has 0 aromatic heterocycles. The van der Waals surface area contributed by atoms with E-state index in [1.807, 2.05) is 30.3 Å². The summed E-state index contributed by atoms with van der Waals surface area (Å²) in [4.78, 5) is 2.21. The Morgan fingerprint density at radius 3 is 2.08 bits per heavy atom. The summed E-state index contributed by atoms with van der Waals surface area (Å²) >= 11 is 0. The lowest BCUT2D eigenvalue weighted by Gasteiger charge is -2.25. The molecular weight excluding hydrogens is 316 g/mol. The lowest BCUT2D eigenvalue weighted by atomic mass is 10.1. The summed E-state index contributed by atoms with van der Waals surface area (Å²) in [6.07, 6.45) is 0. The van der Waals surface area contributed by atoms with Gasteiger partial charge in [-0.1, -0.05) is 12.1 Å². The second-order valence-electron chi connectivity index (χ2n) is 6.06. The maximum Gasteiger partial charge on any atom is 0.123 e. The Balaban J connectivity index is 2.04. The van der Waals surface area contributed by atoms with Gasteiger partial charge in [-0.05, 0) is 50.0 Å². The molecule has 5 heteroatoms. The molecule has 25 heavy (non-hydrogen) atoms. The van der Waals surface area contributed by atoms with Gasteiger partial charge in [0.15, 0.2) is 0 Å². The highest BCUT2D eigenvalue weighted by molar-refractivity contribution is 5.40. The van der Waals surface area contributed by atoms with Crippen LogP contribution in [0.15, 0.2) is 42.5 Å². The fraction of sp³-hybridized carbons (Fsp3) is 0.400. The minimum atomic E-state index is 0.266. The lowest BCUT2D eigenvalue weighted by molar-refractivity contribution is 0.287. The van der Waals surface area contributed by atoms with Crippen molar-refractivity contribution in [3.8, 4) is 17.2 Å². The van der Waals surface area contributed by atoms with E-state index < -0.39 is 0 Å². The number of rotatable bonds is 9. The van der Waals surface area contributed by atoms with Crippen molar-refractivity contribution >= 4 is 0 Å². The van der Waals surface area contributed by atoms with Crippen molar-refractivity contribution in [1.29, 1.82) is 0 Å². The van der Waals surface area contributed by atoms with Crippen molar-refractivity contribution in [3.05, 3.63) is 53.6 Å². The summed E-state index contributed by atoms with van der Waals surface area (Å²) in [6.45, 7) is 1.53. The van der Waals surface area contributed by atoms with Gasteiger partial charge in [-0.3, -0.25) is 0 Å². The summed E-state index contributed by atoms with van der Waals surface area (Å²) in [5, 5.41) is 3.53. The number of hydrogen-bond donors (Lipinski definition) is 1. The van der Waals surface area contributed by atoms with Gasteiger partial charge in [-0.15, -0.1) is 0 Å². The van der Waals surface area contributed by atoms with Crippen molar-refractivity contribution in [2.24, 2.45) is 0 Å². The number of hydrogen-bond acceptors (Lipinski definition) is 5. The minimum Gasteiger partial charge on any atom is -0.497 e. The molecule has 0 aliphatic rings. The van der Waals surface area contributed by atoms with Crippen LogP contribution in [0, 0.1) is 0 Å². The normalized spacial score (nSPS) is 12.1. The number of likely N-dealkylation sites (N-methyl/N-ethyl adjacent to an activating group) is 1. The SMILES string of the molecule is COc1ccc([C@@H](CNCc2cc(OC)ccc2OC)N(C)C)cc1. The van der Waals surface area contributed by atoms with Gasteiger partial charge in [0.05, 0.1) is 21.3 Å². The molecule has 0 heterocycles. The van der Waals surface area contributed by atoms with E-state index in [0.717, 1.165) is 29.4 Å². The van der Waals surface area contributed by atoms with Gasteiger partial charge >= 0.3 is 0 Å². The standard InChI is InChI=1S/C20H28N2O3/c1-22(2)19(15-6-8-17(23-3)9-7-15)14-21-13-16-12-18(24-4)10-11-20(16)25-5/h6-12,19,21H,13-14H2,1-5H3/t19-/m1/s1. The first-order valence-electron chi connectivity index (χ1n) is 8.31. The summed E-state index contributed by atoms with van der Waals surface area (Å²) in [6, 6.07) is 14.3. The van der Waals surface area contributed by atoms with E-state index in [1.165, 1.54) is 5.56 Å². The van der Waals surface area contributed by atoms with E-state index in [0.29, 0.717) is 6.54 Å². The fourth-order valence-electron chi connectivity index (χ4n) is 2.79. The zero-order chi connectivity index (χ0) is 18.2. The van der Waals surface area contributed by atoms with Gasteiger partial charge in [0.1, 0.15) is 17.2 Å². The van der Waals surface area contributed by atoms with Gasteiger partial charge in [-0.2, -0.15) is 0 Å². The van der Waals surface area contributed by atoms with Crippen LogP contribution < -0.4 is 19.5 Å². The third-order valence-corrected chi connectivity index (χ3v) is 4.26. The summed E-state index contributed by atoms with van der Waals surface area (Å²) in [5.41, 5.74) is 2.32. The van der Waals surface area contributed by atoms with Gasteiger partial charge < -0.3 is 24.4 Å². The van der Waals surface area contributed by atoms with Gasteiger partial charge in [0, 0.05) is 24.7 Å². The summed E-state index contributed by atoms with van der Waals surface area (Å²) < 4.78 is 16.0. The molecule has 1 atom stereocenters. The van der Waals surface area contributed by atoms with E-state index in [4.69, 9.17) is 14.2 Å². The van der Waals surface area contributed by atoms with E-state index >= 15 is 0 Å². The van der Waals surface area contributed by atoms with E-state index in [-0.39, 0.29) is 6.04 Å². The Hall–Kier alpha value is -2.24. The number of nitrogens with one attached hydrogen (secondary N) is 1. The monoisotopic (exact) mass is 344 g/mol. The molecule has 0 spiro atoms. The Kier molecular flexibility index (Phi) is 7.10. The molecule has 2 aromatic rings. The van der Waals surface area contributed by atoms with Gasteiger partial charge in [0.2, 0.25) is 0 Å². The van der Waals surface area contributed by atoms with E-state index in [1.54, 1.807) is 21.3 Å². The summed E-state index contributed by atoms with van der Waals surface area (Å²) in [7, 11) is 9.21. The Morgan fingerprint density at radius 2 is 1.52 bits per heavy atom. The topological polar surface area (TPSA) is 43.0 Å². The van der Waals surface area contributed by atoms with Crippen LogP contribution in [0.1, 0.15) is 17.2 Å². The predicted molar refractivity (Wildman–Crippen MR) is 101 cm³/mol. The zero-order valence-electron chi connectivity index (χ0n) is 15.7.